The molecule has 0 aliphatic carbocycles. The molecule has 1 fully saturated rings. The number of carbonyl (C=O) groups excluding carboxylic acids is 2. The summed E-state index contributed by atoms with van der Waals surface area (Å²) in [5, 5.41) is 12.6. The van der Waals surface area contributed by atoms with Crippen LogP contribution in [0.5, 0.6) is 0 Å². The number of likely N-dealkylation sites (tertiary alicyclic amines) is 1. The molecule has 2 heterocycles. The third-order valence-corrected chi connectivity index (χ3v) is 6.81. The summed E-state index contributed by atoms with van der Waals surface area (Å²) in [6, 6.07) is 14.6. The highest BCUT2D eigenvalue weighted by Gasteiger charge is 2.34. The monoisotopic (exact) mass is 469 g/mol. The number of halogens is 1. The van der Waals surface area contributed by atoms with Crippen LogP contribution in [0.25, 0.3) is 0 Å². The lowest BCUT2D eigenvalue weighted by atomic mass is 10.1. The summed E-state index contributed by atoms with van der Waals surface area (Å²) in [5.41, 5.74) is 2.37. The summed E-state index contributed by atoms with van der Waals surface area (Å²) < 4.78 is 1.87. The molecule has 1 saturated heterocycles. The van der Waals surface area contributed by atoms with Gasteiger partial charge in [-0.25, -0.2) is 0 Å². The topological polar surface area (TPSA) is 80.1 Å². The van der Waals surface area contributed by atoms with E-state index >= 15 is 0 Å². The third kappa shape index (κ3) is 4.81. The van der Waals surface area contributed by atoms with Crippen molar-refractivity contribution < 1.29 is 9.59 Å². The molecule has 3 aromatic rings. The lowest BCUT2D eigenvalue weighted by Gasteiger charge is -2.24. The first-order chi connectivity index (χ1) is 15.4. The number of hydrogen-bond acceptors (Lipinski definition) is 5. The van der Waals surface area contributed by atoms with E-state index in [2.05, 4.69) is 15.5 Å². The Morgan fingerprint density at radius 3 is 2.66 bits per heavy atom. The van der Waals surface area contributed by atoms with Crippen molar-refractivity contribution in [1.82, 2.24) is 19.7 Å². The van der Waals surface area contributed by atoms with Gasteiger partial charge in [0.05, 0.1) is 22.5 Å². The summed E-state index contributed by atoms with van der Waals surface area (Å²) in [5.74, 6) is 0.735. The fourth-order valence-corrected chi connectivity index (χ4v) is 4.66. The van der Waals surface area contributed by atoms with Crippen LogP contribution in [0.15, 0.2) is 53.7 Å². The average molecular weight is 470 g/mol. The minimum absolute atomic E-state index is 0.00354. The zero-order valence-electron chi connectivity index (χ0n) is 17.9. The number of nitrogens with one attached hydrogen (secondary N) is 1. The van der Waals surface area contributed by atoms with E-state index in [-0.39, 0.29) is 23.6 Å². The third-order valence-electron chi connectivity index (χ3n) is 5.46. The van der Waals surface area contributed by atoms with E-state index in [1.807, 2.05) is 59.8 Å². The molecule has 1 aromatic heterocycles. The summed E-state index contributed by atoms with van der Waals surface area (Å²) in [7, 11) is 1.87. The average Bonchev–Trinajstić information content (AvgIpc) is 3.40. The number of carbonyl (C=O) groups is 2. The molecular formula is C23H24ClN5O2S. The van der Waals surface area contributed by atoms with Gasteiger partial charge in [-0.05, 0) is 44.0 Å². The molecule has 0 radical (unpaired) electrons. The van der Waals surface area contributed by atoms with Crippen LogP contribution in [0.4, 0.5) is 5.69 Å². The van der Waals surface area contributed by atoms with Gasteiger partial charge < -0.3 is 14.8 Å². The van der Waals surface area contributed by atoms with Gasteiger partial charge in [0.1, 0.15) is 0 Å². The maximum atomic E-state index is 13.1. The lowest BCUT2D eigenvalue weighted by molar-refractivity contribution is -0.113. The fourth-order valence-electron chi connectivity index (χ4n) is 3.76. The maximum absolute atomic E-state index is 13.1. The van der Waals surface area contributed by atoms with E-state index in [4.69, 9.17) is 11.6 Å². The number of aromatic nitrogens is 3. The number of benzene rings is 2. The van der Waals surface area contributed by atoms with Gasteiger partial charge in [-0.2, -0.15) is 0 Å². The molecule has 9 heteroatoms. The molecule has 0 spiro atoms. The van der Waals surface area contributed by atoms with Crippen molar-refractivity contribution >= 4 is 40.9 Å². The largest absolute Gasteiger partial charge is 0.328 e. The van der Waals surface area contributed by atoms with E-state index in [9.17, 15) is 9.59 Å². The molecule has 32 heavy (non-hydrogen) atoms. The molecule has 1 aliphatic rings. The molecule has 7 nitrogen and oxygen atoms in total. The van der Waals surface area contributed by atoms with Crippen LogP contribution in [-0.2, 0) is 11.8 Å². The molecule has 1 aliphatic heterocycles. The van der Waals surface area contributed by atoms with E-state index in [1.165, 1.54) is 11.8 Å². The minimum Gasteiger partial charge on any atom is -0.328 e. The molecule has 0 saturated carbocycles. The second-order valence-corrected chi connectivity index (χ2v) is 9.09. The molecule has 1 N–H and O–H groups in total. The van der Waals surface area contributed by atoms with Gasteiger partial charge in [0.15, 0.2) is 11.0 Å². The Labute approximate surface area is 196 Å². The number of aryl methyl sites for hydroxylation is 1. The van der Waals surface area contributed by atoms with E-state index < -0.39 is 0 Å². The molecular weight excluding hydrogens is 446 g/mol. The molecule has 1 unspecified atom stereocenters. The smallest absolute Gasteiger partial charge is 0.254 e. The number of thioether (sulfide) groups is 1. The van der Waals surface area contributed by atoms with Crippen LogP contribution in [0.3, 0.4) is 0 Å². The summed E-state index contributed by atoms with van der Waals surface area (Å²) >= 11 is 7.40. The van der Waals surface area contributed by atoms with Crippen LogP contribution in [0.2, 0.25) is 5.02 Å². The van der Waals surface area contributed by atoms with Crippen molar-refractivity contribution in [1.29, 1.82) is 0 Å². The Morgan fingerprint density at radius 2 is 1.91 bits per heavy atom. The van der Waals surface area contributed by atoms with Crippen LogP contribution in [-0.4, -0.2) is 43.8 Å². The quantitative estimate of drug-likeness (QED) is 0.538. The molecule has 4 rings (SSSR count). The predicted molar refractivity (Wildman–Crippen MR) is 126 cm³/mol. The number of para-hydroxylation sites is 1. The highest BCUT2D eigenvalue weighted by atomic mass is 35.5. The lowest BCUT2D eigenvalue weighted by Crippen LogP contribution is -2.31. The number of hydrogen-bond donors (Lipinski definition) is 1. The maximum Gasteiger partial charge on any atom is 0.254 e. The Balaban J connectivity index is 1.42. The van der Waals surface area contributed by atoms with Gasteiger partial charge in [0, 0.05) is 19.2 Å². The van der Waals surface area contributed by atoms with Crippen molar-refractivity contribution in [2.45, 2.75) is 31.0 Å². The first kappa shape index (κ1) is 22.4. The Kier molecular flexibility index (Phi) is 6.81. The van der Waals surface area contributed by atoms with Crippen molar-refractivity contribution in [2.24, 2.45) is 7.05 Å². The van der Waals surface area contributed by atoms with Crippen molar-refractivity contribution in [3.8, 4) is 0 Å². The summed E-state index contributed by atoms with van der Waals surface area (Å²) in [6.07, 6.45) is 1.75. The minimum atomic E-state index is -0.176. The van der Waals surface area contributed by atoms with Crippen LogP contribution < -0.4 is 5.32 Å². The van der Waals surface area contributed by atoms with Gasteiger partial charge in [-0.3, -0.25) is 9.59 Å². The van der Waals surface area contributed by atoms with Crippen LogP contribution in [0.1, 0.15) is 40.6 Å². The van der Waals surface area contributed by atoms with Crippen molar-refractivity contribution in [2.75, 3.05) is 17.6 Å². The SMILES string of the molecule is Cc1ccc(C(=O)N2CCCC2c2nnc(SCC(=O)Nc3ccccc3Cl)n2C)cc1. The Hall–Kier alpha value is -2.84. The summed E-state index contributed by atoms with van der Waals surface area (Å²) in [4.78, 5) is 27.3. The molecule has 2 amide bonds. The zero-order chi connectivity index (χ0) is 22.7. The number of anilines is 1. The van der Waals surface area contributed by atoms with E-state index in [0.29, 0.717) is 28.0 Å². The molecule has 166 valence electrons. The van der Waals surface area contributed by atoms with Crippen molar-refractivity contribution in [3.63, 3.8) is 0 Å². The number of amides is 2. The van der Waals surface area contributed by atoms with E-state index in [1.54, 1.807) is 12.1 Å². The zero-order valence-corrected chi connectivity index (χ0v) is 19.5. The Morgan fingerprint density at radius 1 is 1.16 bits per heavy atom. The summed E-state index contributed by atoms with van der Waals surface area (Å²) in [6.45, 7) is 2.69. The standard InChI is InChI=1S/C23H24ClN5O2S/c1-15-9-11-16(12-10-15)22(31)29-13-5-8-19(29)21-26-27-23(28(21)2)32-14-20(30)25-18-7-4-3-6-17(18)24/h3-4,6-7,9-12,19H,5,8,13-14H2,1-2H3,(H,25,30). The molecule has 2 aromatic carbocycles. The van der Waals surface area contributed by atoms with Gasteiger partial charge in [0.25, 0.3) is 5.91 Å². The second kappa shape index (κ2) is 9.75. The number of rotatable bonds is 6. The highest BCUT2D eigenvalue weighted by Crippen LogP contribution is 2.33. The van der Waals surface area contributed by atoms with Crippen LogP contribution in [0, 0.1) is 6.92 Å². The van der Waals surface area contributed by atoms with Crippen molar-refractivity contribution in [3.05, 3.63) is 70.5 Å². The van der Waals surface area contributed by atoms with Gasteiger partial charge in [0.2, 0.25) is 5.91 Å². The highest BCUT2D eigenvalue weighted by molar-refractivity contribution is 7.99. The first-order valence-electron chi connectivity index (χ1n) is 10.4. The van der Waals surface area contributed by atoms with Gasteiger partial charge in [-0.1, -0.05) is 53.2 Å². The molecule has 0 bridgehead atoms. The molecule has 1 atom stereocenters. The van der Waals surface area contributed by atoms with E-state index in [0.717, 1.165) is 24.2 Å². The van der Waals surface area contributed by atoms with Crippen LogP contribution >= 0.6 is 23.4 Å². The predicted octanol–water partition coefficient (Wildman–Crippen LogP) is 4.49. The second-order valence-electron chi connectivity index (χ2n) is 7.74. The first-order valence-corrected chi connectivity index (χ1v) is 11.7. The van der Waals surface area contributed by atoms with Gasteiger partial charge >= 0.3 is 0 Å². The normalized spacial score (nSPS) is 15.7. The Bertz CT molecular complexity index is 1130. The van der Waals surface area contributed by atoms with Gasteiger partial charge in [-0.15, -0.1) is 10.2 Å². The fraction of sp³-hybridized carbons (Fsp3) is 0.304. The number of nitrogens with zero attached hydrogens (tertiary/aromatic N) is 4.